The normalized spacial score (nSPS) is 25.6. The lowest BCUT2D eigenvalue weighted by atomic mass is 10.1. The summed E-state index contributed by atoms with van der Waals surface area (Å²) < 4.78 is 10.7. The molecule has 164 valence electrons. The number of imide groups is 1. The third-order valence-electron chi connectivity index (χ3n) is 5.89. The van der Waals surface area contributed by atoms with Crippen LogP contribution in [-0.2, 0) is 19.1 Å². The Morgan fingerprint density at radius 1 is 0.774 bits per heavy atom. The Morgan fingerprint density at radius 3 is 2.00 bits per heavy atom. The SMILES string of the molecule is O=C1S/C(=C2/C(=O)N(CN3CCOCC3)c3ccccc32)C(=O)N1CN1CCOCC1. The zero-order chi connectivity index (χ0) is 21.4. The van der Waals surface area contributed by atoms with Gasteiger partial charge in [-0.05, 0) is 17.8 Å². The Labute approximate surface area is 184 Å². The van der Waals surface area contributed by atoms with Crippen LogP contribution in [0.3, 0.4) is 0 Å². The van der Waals surface area contributed by atoms with E-state index in [1.807, 2.05) is 29.2 Å². The molecule has 4 aliphatic rings. The van der Waals surface area contributed by atoms with Crippen LogP contribution >= 0.6 is 11.8 Å². The van der Waals surface area contributed by atoms with Crippen molar-refractivity contribution in [2.24, 2.45) is 0 Å². The summed E-state index contributed by atoms with van der Waals surface area (Å²) in [6, 6.07) is 7.46. The van der Waals surface area contributed by atoms with Crippen LogP contribution < -0.4 is 4.90 Å². The first kappa shape index (κ1) is 20.7. The number of thioether (sulfide) groups is 1. The standard InChI is InChI=1S/C21H24N4O5S/c26-19-17(18-20(27)25(21(28)31-18)14-23-7-11-30-12-8-23)15-3-1-2-4-16(15)24(19)13-22-5-9-29-10-6-22/h1-4H,5-14H2/b18-17+. The van der Waals surface area contributed by atoms with E-state index in [0.29, 0.717) is 57.3 Å². The van der Waals surface area contributed by atoms with Gasteiger partial charge in [0, 0.05) is 31.7 Å². The summed E-state index contributed by atoms with van der Waals surface area (Å²) in [6.07, 6.45) is 0. The van der Waals surface area contributed by atoms with Gasteiger partial charge in [-0.15, -0.1) is 0 Å². The monoisotopic (exact) mass is 444 g/mol. The second-order valence-electron chi connectivity index (χ2n) is 7.80. The molecule has 31 heavy (non-hydrogen) atoms. The molecule has 1 aromatic carbocycles. The van der Waals surface area contributed by atoms with Gasteiger partial charge in [-0.25, -0.2) is 0 Å². The first-order valence-electron chi connectivity index (χ1n) is 10.4. The van der Waals surface area contributed by atoms with Crippen molar-refractivity contribution in [1.29, 1.82) is 0 Å². The Bertz CT molecular complexity index is 939. The fourth-order valence-electron chi connectivity index (χ4n) is 4.20. The Kier molecular flexibility index (Phi) is 5.81. The van der Waals surface area contributed by atoms with Crippen molar-refractivity contribution in [3.05, 3.63) is 34.7 Å². The number of hydrogen-bond donors (Lipinski definition) is 0. The zero-order valence-corrected chi connectivity index (χ0v) is 17.9. The number of amides is 3. The van der Waals surface area contributed by atoms with Crippen molar-refractivity contribution in [3.63, 3.8) is 0 Å². The number of carbonyl (C=O) groups excluding carboxylic acids is 3. The molecule has 0 bridgehead atoms. The predicted molar refractivity (Wildman–Crippen MR) is 115 cm³/mol. The van der Waals surface area contributed by atoms with Crippen LogP contribution in [0.15, 0.2) is 29.2 Å². The van der Waals surface area contributed by atoms with Gasteiger partial charge in [-0.3, -0.25) is 34.0 Å². The van der Waals surface area contributed by atoms with E-state index in [-0.39, 0.29) is 22.7 Å². The number of para-hydroxylation sites is 1. The lowest BCUT2D eigenvalue weighted by molar-refractivity contribution is -0.125. The van der Waals surface area contributed by atoms with Gasteiger partial charge >= 0.3 is 0 Å². The third-order valence-corrected chi connectivity index (χ3v) is 6.87. The fraction of sp³-hybridized carbons (Fsp3) is 0.476. The molecule has 4 heterocycles. The molecule has 0 radical (unpaired) electrons. The number of fused-ring (bicyclic) bond motifs is 1. The first-order chi connectivity index (χ1) is 15.1. The molecular formula is C21H24N4O5S. The molecule has 0 aliphatic carbocycles. The van der Waals surface area contributed by atoms with E-state index in [1.54, 1.807) is 4.90 Å². The zero-order valence-electron chi connectivity index (χ0n) is 17.1. The van der Waals surface area contributed by atoms with E-state index in [9.17, 15) is 14.4 Å². The van der Waals surface area contributed by atoms with E-state index < -0.39 is 5.91 Å². The summed E-state index contributed by atoms with van der Waals surface area (Å²) in [6.45, 7) is 5.92. The Morgan fingerprint density at radius 2 is 1.35 bits per heavy atom. The summed E-state index contributed by atoms with van der Waals surface area (Å²) in [7, 11) is 0. The van der Waals surface area contributed by atoms with Crippen LogP contribution in [0.5, 0.6) is 0 Å². The smallest absolute Gasteiger partial charge is 0.294 e. The maximum atomic E-state index is 13.5. The number of nitrogens with zero attached hydrogens (tertiary/aromatic N) is 4. The van der Waals surface area contributed by atoms with Crippen molar-refractivity contribution in [3.8, 4) is 0 Å². The van der Waals surface area contributed by atoms with Gasteiger partial charge in [-0.2, -0.15) is 0 Å². The summed E-state index contributed by atoms with van der Waals surface area (Å²) in [4.78, 5) is 46.7. The summed E-state index contributed by atoms with van der Waals surface area (Å²) >= 11 is 0.861. The van der Waals surface area contributed by atoms with Gasteiger partial charge in [0.15, 0.2) is 0 Å². The number of rotatable bonds is 4. The molecule has 1 aromatic rings. The van der Waals surface area contributed by atoms with Crippen molar-refractivity contribution in [2.75, 3.05) is 70.8 Å². The van der Waals surface area contributed by atoms with Gasteiger partial charge in [-0.1, -0.05) is 18.2 Å². The van der Waals surface area contributed by atoms with E-state index in [1.165, 1.54) is 4.90 Å². The van der Waals surface area contributed by atoms with Crippen molar-refractivity contribution in [1.82, 2.24) is 14.7 Å². The minimum absolute atomic E-state index is 0.220. The number of benzene rings is 1. The molecule has 10 heteroatoms. The first-order valence-corrected chi connectivity index (χ1v) is 11.2. The highest BCUT2D eigenvalue weighted by atomic mass is 32.2. The van der Waals surface area contributed by atoms with E-state index >= 15 is 0 Å². The van der Waals surface area contributed by atoms with Crippen LogP contribution in [0, 0.1) is 0 Å². The third kappa shape index (κ3) is 3.90. The van der Waals surface area contributed by atoms with Gasteiger partial charge in [0.2, 0.25) is 0 Å². The molecule has 3 amide bonds. The lowest BCUT2D eigenvalue weighted by Gasteiger charge is -2.30. The average molecular weight is 445 g/mol. The summed E-state index contributed by atoms with van der Waals surface area (Å²) in [5, 5.41) is -0.337. The van der Waals surface area contributed by atoms with Crippen LogP contribution in [0.1, 0.15) is 5.56 Å². The molecule has 0 atom stereocenters. The van der Waals surface area contributed by atoms with Crippen LogP contribution in [0.4, 0.5) is 10.5 Å². The van der Waals surface area contributed by atoms with Gasteiger partial charge in [0.05, 0.1) is 55.9 Å². The minimum atomic E-state index is -0.395. The highest BCUT2D eigenvalue weighted by molar-refractivity contribution is 8.18. The minimum Gasteiger partial charge on any atom is -0.379 e. The predicted octanol–water partition coefficient (Wildman–Crippen LogP) is 1.02. The second kappa shape index (κ2) is 8.71. The number of carbonyl (C=O) groups is 3. The van der Waals surface area contributed by atoms with Crippen molar-refractivity contribution in [2.45, 2.75) is 0 Å². The van der Waals surface area contributed by atoms with E-state index in [4.69, 9.17) is 9.47 Å². The number of anilines is 1. The highest BCUT2D eigenvalue weighted by Crippen LogP contribution is 2.44. The van der Waals surface area contributed by atoms with Crippen LogP contribution in [0.2, 0.25) is 0 Å². The van der Waals surface area contributed by atoms with Crippen molar-refractivity contribution >= 4 is 40.1 Å². The molecule has 0 spiro atoms. The molecule has 5 rings (SSSR count). The topological polar surface area (TPSA) is 82.6 Å². The largest absolute Gasteiger partial charge is 0.379 e. The number of hydrogen-bond acceptors (Lipinski definition) is 8. The highest BCUT2D eigenvalue weighted by Gasteiger charge is 2.44. The van der Waals surface area contributed by atoms with E-state index in [2.05, 4.69) is 4.90 Å². The maximum Gasteiger partial charge on any atom is 0.294 e. The summed E-state index contributed by atoms with van der Waals surface area (Å²) in [5.74, 6) is -0.627. The Balaban J connectivity index is 1.43. The van der Waals surface area contributed by atoms with Gasteiger partial charge < -0.3 is 9.47 Å². The molecule has 0 unspecified atom stereocenters. The number of morpholine rings is 2. The molecule has 0 aromatic heterocycles. The maximum absolute atomic E-state index is 13.5. The van der Waals surface area contributed by atoms with Gasteiger partial charge in [0.25, 0.3) is 17.1 Å². The average Bonchev–Trinajstić information content (AvgIpc) is 3.23. The second-order valence-corrected chi connectivity index (χ2v) is 8.76. The fourth-order valence-corrected chi connectivity index (χ4v) is 5.12. The molecule has 0 saturated carbocycles. The quantitative estimate of drug-likeness (QED) is 0.637. The van der Waals surface area contributed by atoms with E-state index in [0.717, 1.165) is 30.5 Å². The molecule has 3 fully saturated rings. The van der Waals surface area contributed by atoms with Crippen LogP contribution in [-0.4, -0.2) is 97.7 Å². The molecular weight excluding hydrogens is 420 g/mol. The lowest BCUT2D eigenvalue weighted by Crippen LogP contribution is -2.45. The molecule has 9 nitrogen and oxygen atoms in total. The molecule has 0 N–H and O–H groups in total. The summed E-state index contributed by atoms with van der Waals surface area (Å²) in [5.41, 5.74) is 1.81. The molecule has 4 aliphatic heterocycles. The van der Waals surface area contributed by atoms with Gasteiger partial charge in [0.1, 0.15) is 0 Å². The molecule has 3 saturated heterocycles. The number of ether oxygens (including phenoxy) is 2. The van der Waals surface area contributed by atoms with Crippen molar-refractivity contribution < 1.29 is 23.9 Å². The van der Waals surface area contributed by atoms with Crippen LogP contribution in [0.25, 0.3) is 5.57 Å². The Hall–Kier alpha value is -2.24.